The van der Waals surface area contributed by atoms with Gasteiger partial charge in [0.25, 0.3) is 0 Å². The maximum absolute atomic E-state index is 12.5. The first-order valence-corrected chi connectivity index (χ1v) is 23.6. The number of ketones is 1. The Kier molecular flexibility index (Phi) is 39.8. The third kappa shape index (κ3) is 41.9. The van der Waals surface area contributed by atoms with Crippen molar-refractivity contribution in [3.8, 4) is 0 Å². The molecule has 0 aromatic rings. The number of hydrogen-bond acceptors (Lipinski definition) is 13. The molecule has 5 amide bonds. The van der Waals surface area contributed by atoms with Gasteiger partial charge in [-0.2, -0.15) is 0 Å². The van der Waals surface area contributed by atoms with Crippen molar-refractivity contribution in [2.45, 2.75) is 160 Å². The first kappa shape index (κ1) is 61.3. The predicted octanol–water partition coefficient (Wildman–Crippen LogP) is 2.80. The summed E-state index contributed by atoms with van der Waals surface area (Å²) in [5, 5.41) is 40.5. The molecular weight excluding hydrogens is 867 g/mol. The number of carboxylic acid groups (broad SMARTS) is 3. The van der Waals surface area contributed by atoms with E-state index in [1.54, 1.807) is 0 Å². The van der Waals surface area contributed by atoms with Crippen LogP contribution in [-0.2, 0) is 62.1 Å². The van der Waals surface area contributed by atoms with Crippen molar-refractivity contribution in [1.29, 1.82) is 0 Å². The standard InChI is InChI=1S/C45H79N5O16/c1-35(51)33-65-31-29-64-28-26-48-42(56)34-66-32-30-63-27-25-47-38(52)18-16-24-46-39(53)22-20-36(44(59)60)50-41(55)23-21-37(45(61)62)49-40(54)17-14-12-10-8-6-4-2-3-5-7-9-11-13-15-19-43(57)58/h36-37H,2-34H2,1H3,(H,46,53)(H,47,52)(H,48,56)(H,49,54)(H,50,55)(H,57,58)(H,59,60)(H,61,62)/t36-,37-/m0/s1. The van der Waals surface area contributed by atoms with Crippen LogP contribution in [0.3, 0.4) is 0 Å². The molecule has 0 aliphatic carbocycles. The molecule has 8 N–H and O–H groups in total. The van der Waals surface area contributed by atoms with Crippen molar-refractivity contribution < 1.29 is 77.4 Å². The van der Waals surface area contributed by atoms with Crippen molar-refractivity contribution in [2.24, 2.45) is 0 Å². The molecule has 0 aliphatic rings. The molecule has 0 radical (unpaired) electrons. The lowest BCUT2D eigenvalue weighted by Crippen LogP contribution is -2.44. The summed E-state index contributed by atoms with van der Waals surface area (Å²) >= 11 is 0. The fraction of sp³-hybridized carbons (Fsp3) is 0.800. The first-order chi connectivity index (χ1) is 31.7. The maximum atomic E-state index is 12.5. The number of carbonyl (C=O) groups is 9. The van der Waals surface area contributed by atoms with Gasteiger partial charge in [0.15, 0.2) is 5.78 Å². The largest absolute Gasteiger partial charge is 0.481 e. The highest BCUT2D eigenvalue weighted by molar-refractivity contribution is 5.86. The lowest BCUT2D eigenvalue weighted by atomic mass is 10.0. The SMILES string of the molecule is CC(=O)COCCOCCNC(=O)COCCOCCNC(=O)CCCNC(=O)CC[C@H](NC(=O)CC[C@H](NC(=O)CCCCCCCCCCCCCCCCC(=O)O)C(=O)O)C(=O)O. The molecule has 0 saturated heterocycles. The van der Waals surface area contributed by atoms with Crippen LogP contribution in [0.15, 0.2) is 0 Å². The van der Waals surface area contributed by atoms with Gasteiger partial charge in [0.05, 0.1) is 39.6 Å². The van der Waals surface area contributed by atoms with Gasteiger partial charge < -0.3 is 60.9 Å². The Morgan fingerprint density at radius 1 is 0.379 bits per heavy atom. The Hall–Kier alpha value is -4.73. The Balaban J connectivity index is 3.98. The molecule has 0 aromatic heterocycles. The second kappa shape index (κ2) is 42.9. The van der Waals surface area contributed by atoms with Gasteiger partial charge in [0, 0.05) is 51.7 Å². The lowest BCUT2D eigenvalue weighted by molar-refractivity contribution is -0.143. The maximum Gasteiger partial charge on any atom is 0.326 e. The van der Waals surface area contributed by atoms with Crippen LogP contribution in [0.2, 0.25) is 0 Å². The lowest BCUT2D eigenvalue weighted by Gasteiger charge is -2.17. The van der Waals surface area contributed by atoms with Crippen LogP contribution in [0, 0.1) is 0 Å². The summed E-state index contributed by atoms with van der Waals surface area (Å²) in [6, 6.07) is -2.72. The molecule has 66 heavy (non-hydrogen) atoms. The summed E-state index contributed by atoms with van der Waals surface area (Å²) < 4.78 is 20.9. The Morgan fingerprint density at radius 3 is 1.21 bits per heavy atom. The molecular formula is C45H79N5O16. The third-order valence-electron chi connectivity index (χ3n) is 9.95. The minimum Gasteiger partial charge on any atom is -0.481 e. The van der Waals surface area contributed by atoms with Crippen LogP contribution in [0.5, 0.6) is 0 Å². The number of carboxylic acids is 3. The summed E-state index contributed by atoms with van der Waals surface area (Å²) in [5.74, 6) is -5.69. The molecule has 0 unspecified atom stereocenters. The van der Waals surface area contributed by atoms with E-state index >= 15 is 0 Å². The van der Waals surface area contributed by atoms with Gasteiger partial charge in [-0.3, -0.25) is 33.6 Å². The monoisotopic (exact) mass is 946 g/mol. The van der Waals surface area contributed by atoms with Gasteiger partial charge in [0.2, 0.25) is 29.5 Å². The van der Waals surface area contributed by atoms with Gasteiger partial charge in [-0.05, 0) is 39.0 Å². The normalized spacial score (nSPS) is 11.8. The summed E-state index contributed by atoms with van der Waals surface area (Å²) in [5.41, 5.74) is 0. The average molecular weight is 946 g/mol. The molecule has 0 heterocycles. The Labute approximate surface area is 389 Å². The highest BCUT2D eigenvalue weighted by Gasteiger charge is 2.24. The van der Waals surface area contributed by atoms with Crippen LogP contribution >= 0.6 is 0 Å². The number of carbonyl (C=O) groups excluding carboxylic acids is 6. The van der Waals surface area contributed by atoms with E-state index in [2.05, 4.69) is 26.6 Å². The van der Waals surface area contributed by atoms with E-state index in [1.807, 2.05) is 0 Å². The molecule has 21 heteroatoms. The molecule has 0 aromatic carbocycles. The molecule has 0 spiro atoms. The van der Waals surface area contributed by atoms with Gasteiger partial charge in [0.1, 0.15) is 25.3 Å². The van der Waals surface area contributed by atoms with Crippen molar-refractivity contribution in [1.82, 2.24) is 26.6 Å². The molecule has 0 rings (SSSR count). The average Bonchev–Trinajstić information content (AvgIpc) is 3.26. The van der Waals surface area contributed by atoms with E-state index in [0.29, 0.717) is 26.0 Å². The van der Waals surface area contributed by atoms with Crippen LogP contribution < -0.4 is 26.6 Å². The smallest absolute Gasteiger partial charge is 0.326 e. The van der Waals surface area contributed by atoms with E-state index in [1.165, 1.54) is 32.6 Å². The van der Waals surface area contributed by atoms with Gasteiger partial charge in [-0.25, -0.2) is 9.59 Å². The van der Waals surface area contributed by atoms with Gasteiger partial charge in [-0.15, -0.1) is 0 Å². The van der Waals surface area contributed by atoms with E-state index in [0.717, 1.165) is 57.8 Å². The zero-order valence-corrected chi connectivity index (χ0v) is 39.1. The molecule has 21 nitrogen and oxygen atoms in total. The number of Topliss-reactive ketones (excluding diaryl/α,β-unsaturated/α-hetero) is 1. The number of ether oxygens (including phenoxy) is 4. The highest BCUT2D eigenvalue weighted by Crippen LogP contribution is 2.14. The molecule has 0 fully saturated rings. The second-order valence-corrected chi connectivity index (χ2v) is 16.0. The number of hydrogen-bond donors (Lipinski definition) is 8. The summed E-state index contributed by atoms with van der Waals surface area (Å²) in [6.45, 7) is 3.51. The van der Waals surface area contributed by atoms with Crippen molar-refractivity contribution in [2.75, 3.05) is 72.5 Å². The number of aliphatic carboxylic acids is 3. The van der Waals surface area contributed by atoms with Crippen molar-refractivity contribution >= 4 is 53.2 Å². The fourth-order valence-electron chi connectivity index (χ4n) is 6.33. The predicted molar refractivity (Wildman–Crippen MR) is 241 cm³/mol. The quantitative estimate of drug-likeness (QED) is 0.0407. The van der Waals surface area contributed by atoms with Crippen LogP contribution in [0.1, 0.15) is 148 Å². The second-order valence-electron chi connectivity index (χ2n) is 16.0. The van der Waals surface area contributed by atoms with E-state index < -0.39 is 47.7 Å². The van der Waals surface area contributed by atoms with Crippen LogP contribution in [-0.4, -0.2) is 153 Å². The molecule has 0 bridgehead atoms. The first-order valence-electron chi connectivity index (χ1n) is 23.6. The molecule has 2 atom stereocenters. The Bertz CT molecular complexity index is 1400. The molecule has 0 aliphatic heterocycles. The van der Waals surface area contributed by atoms with E-state index in [-0.39, 0.29) is 122 Å². The molecule has 380 valence electrons. The highest BCUT2D eigenvalue weighted by atomic mass is 16.5. The topological polar surface area (TPSA) is 311 Å². The zero-order valence-electron chi connectivity index (χ0n) is 39.1. The summed E-state index contributed by atoms with van der Waals surface area (Å²) in [7, 11) is 0. The fourth-order valence-corrected chi connectivity index (χ4v) is 6.33. The number of amides is 5. The van der Waals surface area contributed by atoms with Crippen LogP contribution in [0.25, 0.3) is 0 Å². The van der Waals surface area contributed by atoms with E-state index in [9.17, 15) is 53.4 Å². The molecule has 0 saturated carbocycles. The van der Waals surface area contributed by atoms with Crippen LogP contribution in [0.4, 0.5) is 0 Å². The number of unbranched alkanes of at least 4 members (excludes halogenated alkanes) is 13. The van der Waals surface area contributed by atoms with E-state index in [4.69, 9.17) is 24.1 Å². The zero-order chi connectivity index (χ0) is 49.0. The summed E-state index contributed by atoms with van der Waals surface area (Å²) in [6.07, 6.45) is 14.3. The summed E-state index contributed by atoms with van der Waals surface area (Å²) in [4.78, 5) is 106. The number of rotatable bonds is 47. The van der Waals surface area contributed by atoms with Gasteiger partial charge in [-0.1, -0.05) is 77.0 Å². The third-order valence-corrected chi connectivity index (χ3v) is 9.95. The minimum absolute atomic E-state index is 0.0413. The van der Waals surface area contributed by atoms with Crippen molar-refractivity contribution in [3.05, 3.63) is 0 Å². The number of nitrogens with one attached hydrogen (secondary N) is 5. The Morgan fingerprint density at radius 2 is 0.742 bits per heavy atom. The minimum atomic E-state index is -1.40. The van der Waals surface area contributed by atoms with Crippen molar-refractivity contribution in [3.63, 3.8) is 0 Å². The van der Waals surface area contributed by atoms with Gasteiger partial charge >= 0.3 is 17.9 Å².